The van der Waals surface area contributed by atoms with Gasteiger partial charge in [0.1, 0.15) is 13.2 Å². The Morgan fingerprint density at radius 2 is 2.13 bits per heavy atom. The number of rotatable bonds is 2. The normalized spacial score (nSPS) is 14.1. The Hall–Kier alpha value is -0.930. The van der Waals surface area contributed by atoms with Crippen LogP contribution in [-0.4, -0.2) is 13.2 Å². The second kappa shape index (κ2) is 4.29. The molecule has 0 saturated carbocycles. The molecule has 0 bridgehead atoms. The Kier molecular flexibility index (Phi) is 3.03. The van der Waals surface area contributed by atoms with E-state index in [-0.39, 0.29) is 0 Å². The monoisotopic (exact) mass is 227 g/mol. The molecule has 0 aromatic heterocycles. The highest BCUT2D eigenvalue weighted by molar-refractivity contribution is 6.33. The fourth-order valence-electron chi connectivity index (χ4n) is 1.80. The third kappa shape index (κ3) is 1.77. The zero-order valence-corrected chi connectivity index (χ0v) is 9.43. The van der Waals surface area contributed by atoms with Crippen LogP contribution in [0, 0.1) is 0 Å². The second-order valence-corrected chi connectivity index (χ2v) is 3.79. The van der Waals surface area contributed by atoms with Gasteiger partial charge in [-0.3, -0.25) is 0 Å². The van der Waals surface area contributed by atoms with Gasteiger partial charge in [0.15, 0.2) is 11.5 Å². The SMILES string of the molecule is CCc1c(CN)cc2c(c1Cl)OCCO2. The number of fused-ring (bicyclic) bond motifs is 1. The van der Waals surface area contributed by atoms with Gasteiger partial charge in [-0.1, -0.05) is 18.5 Å². The maximum absolute atomic E-state index is 6.25. The molecule has 1 aliphatic rings. The molecule has 1 heterocycles. The van der Waals surface area contributed by atoms with Crippen LogP contribution in [0.25, 0.3) is 0 Å². The molecule has 2 rings (SSSR count). The van der Waals surface area contributed by atoms with E-state index >= 15 is 0 Å². The Morgan fingerprint density at radius 1 is 1.40 bits per heavy atom. The molecule has 1 aliphatic heterocycles. The highest BCUT2D eigenvalue weighted by Gasteiger charge is 2.20. The Morgan fingerprint density at radius 3 is 2.80 bits per heavy atom. The van der Waals surface area contributed by atoms with E-state index in [1.165, 1.54) is 0 Å². The molecule has 0 spiro atoms. The van der Waals surface area contributed by atoms with Crippen LogP contribution in [0.3, 0.4) is 0 Å². The van der Waals surface area contributed by atoms with Crippen molar-refractivity contribution in [3.8, 4) is 11.5 Å². The topological polar surface area (TPSA) is 44.5 Å². The van der Waals surface area contributed by atoms with Crippen LogP contribution in [0.2, 0.25) is 5.02 Å². The predicted octanol–water partition coefficient (Wildman–Crippen LogP) is 2.13. The van der Waals surface area contributed by atoms with Crippen LogP contribution < -0.4 is 15.2 Å². The number of hydrogen-bond donors (Lipinski definition) is 1. The summed E-state index contributed by atoms with van der Waals surface area (Å²) >= 11 is 6.25. The van der Waals surface area contributed by atoms with E-state index in [1.807, 2.05) is 6.07 Å². The van der Waals surface area contributed by atoms with Crippen molar-refractivity contribution in [1.29, 1.82) is 0 Å². The number of hydrogen-bond acceptors (Lipinski definition) is 3. The molecule has 0 amide bonds. The first-order valence-corrected chi connectivity index (χ1v) is 5.45. The van der Waals surface area contributed by atoms with Crippen molar-refractivity contribution < 1.29 is 9.47 Å². The quantitative estimate of drug-likeness (QED) is 0.842. The van der Waals surface area contributed by atoms with Crippen LogP contribution in [0.15, 0.2) is 6.07 Å². The smallest absolute Gasteiger partial charge is 0.180 e. The minimum Gasteiger partial charge on any atom is -0.486 e. The van der Waals surface area contributed by atoms with Crippen molar-refractivity contribution in [2.45, 2.75) is 19.9 Å². The maximum Gasteiger partial charge on any atom is 0.180 e. The first-order valence-electron chi connectivity index (χ1n) is 5.07. The summed E-state index contributed by atoms with van der Waals surface area (Å²) in [6.45, 7) is 3.65. The van der Waals surface area contributed by atoms with Gasteiger partial charge in [-0.15, -0.1) is 0 Å². The van der Waals surface area contributed by atoms with E-state index in [2.05, 4.69) is 6.92 Å². The average Bonchev–Trinajstić information content (AvgIpc) is 2.29. The molecule has 0 unspecified atom stereocenters. The van der Waals surface area contributed by atoms with Gasteiger partial charge in [0.05, 0.1) is 5.02 Å². The summed E-state index contributed by atoms with van der Waals surface area (Å²) in [5, 5.41) is 0.648. The third-order valence-electron chi connectivity index (χ3n) is 2.54. The van der Waals surface area contributed by atoms with Crippen molar-refractivity contribution in [3.63, 3.8) is 0 Å². The van der Waals surface area contributed by atoms with Gasteiger partial charge in [0.25, 0.3) is 0 Å². The number of ether oxygens (including phenoxy) is 2. The molecule has 0 atom stereocenters. The van der Waals surface area contributed by atoms with Gasteiger partial charge >= 0.3 is 0 Å². The highest BCUT2D eigenvalue weighted by atomic mass is 35.5. The van der Waals surface area contributed by atoms with Crippen LogP contribution in [0.4, 0.5) is 0 Å². The van der Waals surface area contributed by atoms with Gasteiger partial charge < -0.3 is 15.2 Å². The van der Waals surface area contributed by atoms with Crippen molar-refractivity contribution in [2.75, 3.05) is 13.2 Å². The Labute approximate surface area is 94.1 Å². The number of halogens is 1. The summed E-state index contributed by atoms with van der Waals surface area (Å²) in [4.78, 5) is 0. The molecule has 0 saturated heterocycles. The summed E-state index contributed by atoms with van der Waals surface area (Å²) in [5.74, 6) is 1.38. The molecule has 82 valence electrons. The second-order valence-electron chi connectivity index (χ2n) is 3.41. The minimum absolute atomic E-state index is 0.472. The van der Waals surface area contributed by atoms with E-state index in [0.29, 0.717) is 36.3 Å². The molecule has 0 radical (unpaired) electrons. The molecule has 15 heavy (non-hydrogen) atoms. The zero-order valence-electron chi connectivity index (χ0n) is 8.68. The fraction of sp³-hybridized carbons (Fsp3) is 0.455. The van der Waals surface area contributed by atoms with E-state index in [1.54, 1.807) is 0 Å². The predicted molar refractivity (Wildman–Crippen MR) is 59.7 cm³/mol. The van der Waals surface area contributed by atoms with Crippen molar-refractivity contribution in [2.24, 2.45) is 5.73 Å². The number of benzene rings is 1. The molecule has 0 aliphatic carbocycles. The van der Waals surface area contributed by atoms with Crippen LogP contribution >= 0.6 is 11.6 Å². The lowest BCUT2D eigenvalue weighted by atomic mass is 10.0. The molecule has 2 N–H and O–H groups in total. The standard InChI is InChI=1S/C11H14ClNO2/c1-2-8-7(6-13)5-9-11(10(8)12)15-4-3-14-9/h5H,2-4,6,13H2,1H3. The molecule has 4 heteroatoms. The van der Waals surface area contributed by atoms with E-state index in [9.17, 15) is 0 Å². The first-order chi connectivity index (χ1) is 7.27. The lowest BCUT2D eigenvalue weighted by Crippen LogP contribution is -2.17. The lowest BCUT2D eigenvalue weighted by molar-refractivity contribution is 0.171. The van der Waals surface area contributed by atoms with E-state index < -0.39 is 0 Å². The molecule has 0 fully saturated rings. The Balaban J connectivity index is 2.57. The third-order valence-corrected chi connectivity index (χ3v) is 2.94. The molecule has 3 nitrogen and oxygen atoms in total. The van der Waals surface area contributed by atoms with Crippen LogP contribution in [0.1, 0.15) is 18.1 Å². The van der Waals surface area contributed by atoms with Gasteiger partial charge in [0, 0.05) is 6.54 Å². The zero-order chi connectivity index (χ0) is 10.8. The average molecular weight is 228 g/mol. The largest absolute Gasteiger partial charge is 0.486 e. The van der Waals surface area contributed by atoms with E-state index in [4.69, 9.17) is 26.8 Å². The molecular formula is C11H14ClNO2. The molecule has 1 aromatic rings. The van der Waals surface area contributed by atoms with Crippen molar-refractivity contribution in [3.05, 3.63) is 22.2 Å². The van der Waals surface area contributed by atoms with Gasteiger partial charge in [-0.2, -0.15) is 0 Å². The number of nitrogens with two attached hydrogens (primary N) is 1. The van der Waals surface area contributed by atoms with Crippen LogP contribution in [-0.2, 0) is 13.0 Å². The lowest BCUT2D eigenvalue weighted by Gasteiger charge is -2.22. The summed E-state index contributed by atoms with van der Waals surface area (Å²) in [7, 11) is 0. The maximum atomic E-state index is 6.25. The molecular weight excluding hydrogens is 214 g/mol. The van der Waals surface area contributed by atoms with E-state index in [0.717, 1.165) is 17.5 Å². The van der Waals surface area contributed by atoms with Gasteiger partial charge in [-0.05, 0) is 23.6 Å². The summed E-state index contributed by atoms with van der Waals surface area (Å²) < 4.78 is 11.0. The van der Waals surface area contributed by atoms with Crippen molar-refractivity contribution >= 4 is 11.6 Å². The summed E-state index contributed by atoms with van der Waals surface area (Å²) in [5.41, 5.74) is 7.77. The van der Waals surface area contributed by atoms with Crippen LogP contribution in [0.5, 0.6) is 11.5 Å². The van der Waals surface area contributed by atoms with Crippen molar-refractivity contribution in [1.82, 2.24) is 0 Å². The molecule has 1 aromatic carbocycles. The first kappa shape index (κ1) is 10.6. The fourth-order valence-corrected chi connectivity index (χ4v) is 2.20. The Bertz CT molecular complexity index is 365. The van der Waals surface area contributed by atoms with Gasteiger partial charge in [0.2, 0.25) is 0 Å². The highest BCUT2D eigenvalue weighted by Crippen LogP contribution is 2.41. The summed E-state index contributed by atoms with van der Waals surface area (Å²) in [6.07, 6.45) is 0.849. The minimum atomic E-state index is 0.472. The van der Waals surface area contributed by atoms with Gasteiger partial charge in [-0.25, -0.2) is 0 Å². The summed E-state index contributed by atoms with van der Waals surface area (Å²) in [6, 6.07) is 1.93.